The number of aliphatic carboxylic acids is 1. The molecule has 0 radical (unpaired) electrons. The Morgan fingerprint density at radius 3 is 2.97 bits per heavy atom. The second-order valence-electron chi connectivity index (χ2n) is 7.69. The van der Waals surface area contributed by atoms with E-state index in [-0.39, 0.29) is 28.8 Å². The predicted molar refractivity (Wildman–Crippen MR) is 138 cm³/mol. The molecule has 2 aromatic rings. The van der Waals surface area contributed by atoms with E-state index in [0.29, 0.717) is 28.8 Å². The van der Waals surface area contributed by atoms with E-state index in [1.165, 1.54) is 34.5 Å². The van der Waals surface area contributed by atoms with Crippen LogP contribution in [0, 0.1) is 0 Å². The first-order valence-corrected chi connectivity index (χ1v) is 13.9. The number of carbonyl (C=O) groups excluding carboxylic acids is 2. The molecule has 1 saturated heterocycles. The first-order chi connectivity index (χ1) is 17.8. The maximum Gasteiger partial charge on any atom is 0.352 e. The number of nitrogens with two attached hydrogens (primary N) is 1. The zero-order valence-electron chi connectivity index (χ0n) is 19.6. The molecule has 1 fully saturated rings. The van der Waals surface area contributed by atoms with E-state index in [9.17, 15) is 19.5 Å². The number of carboxylic acid groups (broad SMARTS) is 1. The maximum atomic E-state index is 13.0. The molecule has 0 bridgehead atoms. The van der Waals surface area contributed by atoms with Crippen LogP contribution in [0.25, 0.3) is 0 Å². The van der Waals surface area contributed by atoms with Gasteiger partial charge in [0.2, 0.25) is 5.16 Å². The van der Waals surface area contributed by atoms with Crippen LogP contribution in [0.5, 0.6) is 0 Å². The van der Waals surface area contributed by atoms with Crippen molar-refractivity contribution in [3.05, 3.63) is 35.0 Å². The quantitative estimate of drug-likeness (QED) is 0.0810. The summed E-state index contributed by atoms with van der Waals surface area (Å²) >= 11 is 3.79. The smallest absolute Gasteiger partial charge is 0.352 e. The molecule has 14 nitrogen and oxygen atoms in total. The molecule has 0 spiro atoms. The number of hydrogen-bond donors (Lipinski definition) is 3. The van der Waals surface area contributed by atoms with Gasteiger partial charge in [0.25, 0.3) is 11.8 Å². The van der Waals surface area contributed by atoms with Crippen LogP contribution in [-0.4, -0.2) is 88.2 Å². The number of nitrogens with zero attached hydrogens (tertiary/aromatic N) is 7. The third-order valence-electron chi connectivity index (χ3n) is 5.17. The Balaban J connectivity index is 1.48. The summed E-state index contributed by atoms with van der Waals surface area (Å²) in [5.41, 5.74) is 6.20. The number of rotatable bonds is 12. The molecule has 196 valence electrons. The second kappa shape index (κ2) is 11.7. The van der Waals surface area contributed by atoms with Gasteiger partial charge in [-0.15, -0.1) is 28.2 Å². The third-order valence-corrected chi connectivity index (χ3v) is 8.23. The van der Waals surface area contributed by atoms with E-state index in [1.807, 2.05) is 6.92 Å². The summed E-state index contributed by atoms with van der Waals surface area (Å²) in [6.07, 6.45) is 2.30. The van der Waals surface area contributed by atoms with Gasteiger partial charge in [-0.2, -0.15) is 0 Å². The summed E-state index contributed by atoms with van der Waals surface area (Å²) < 4.78 is 1.65. The number of hydrogen-bond acceptors (Lipinski definition) is 13. The first kappa shape index (κ1) is 26.6. The number of fused-ring (bicyclic) bond motifs is 1. The van der Waals surface area contributed by atoms with Gasteiger partial charge < -0.3 is 21.0 Å². The molecular weight excluding hydrogens is 542 g/mol. The van der Waals surface area contributed by atoms with Gasteiger partial charge in [0.15, 0.2) is 10.8 Å². The number of tetrazole rings is 1. The summed E-state index contributed by atoms with van der Waals surface area (Å²) in [4.78, 5) is 48.5. The number of thiazole rings is 1. The largest absolute Gasteiger partial charge is 0.477 e. The molecule has 2 aliphatic rings. The number of thioether (sulfide) groups is 2. The highest BCUT2D eigenvalue weighted by molar-refractivity contribution is 8.01. The van der Waals surface area contributed by atoms with Gasteiger partial charge >= 0.3 is 5.97 Å². The predicted octanol–water partition coefficient (Wildman–Crippen LogP) is 0.559. The molecule has 37 heavy (non-hydrogen) atoms. The van der Waals surface area contributed by atoms with Crippen molar-refractivity contribution in [2.45, 2.75) is 36.5 Å². The molecule has 1 unspecified atom stereocenters. The number of β-lactam (4-membered cyclic amide) rings is 1. The van der Waals surface area contributed by atoms with Crippen molar-refractivity contribution >= 4 is 63.5 Å². The van der Waals surface area contributed by atoms with E-state index in [4.69, 9.17) is 10.6 Å². The Bertz CT molecular complexity index is 1270. The summed E-state index contributed by atoms with van der Waals surface area (Å²) in [6.45, 7) is 6.22. The molecule has 0 aromatic carbocycles. The minimum Gasteiger partial charge on any atom is -0.477 e. The lowest BCUT2D eigenvalue weighted by atomic mass is 10.0. The van der Waals surface area contributed by atoms with Crippen LogP contribution in [0.15, 0.2) is 39.6 Å². The van der Waals surface area contributed by atoms with Crippen LogP contribution in [-0.2, 0) is 25.8 Å². The molecule has 0 aliphatic carbocycles. The zero-order chi connectivity index (χ0) is 26.5. The van der Waals surface area contributed by atoms with Gasteiger partial charge in [-0.05, 0) is 22.4 Å². The van der Waals surface area contributed by atoms with Crippen LogP contribution >= 0.6 is 34.9 Å². The SMILES string of the molecule is C=CCON=C(C(=O)NC1C(=O)N2C(C(=O)O)=C(CSc3nnnn3CCC)CS[C@@H]12)c1csc(N)n1. The fourth-order valence-corrected chi connectivity index (χ4v) is 6.50. The van der Waals surface area contributed by atoms with Crippen molar-refractivity contribution in [2.75, 3.05) is 23.8 Å². The summed E-state index contributed by atoms with van der Waals surface area (Å²) in [5.74, 6) is -1.79. The Hall–Kier alpha value is -3.44. The minimum atomic E-state index is -1.22. The summed E-state index contributed by atoms with van der Waals surface area (Å²) in [5, 5.41) is 29.7. The van der Waals surface area contributed by atoms with Crippen LogP contribution in [0.4, 0.5) is 5.13 Å². The average molecular weight is 566 g/mol. The number of amides is 2. The molecular formula is C20H23N9O5S3. The number of carboxylic acids is 1. The summed E-state index contributed by atoms with van der Waals surface area (Å²) in [6, 6.07) is -0.946. The van der Waals surface area contributed by atoms with Gasteiger partial charge in [-0.1, -0.05) is 36.5 Å². The van der Waals surface area contributed by atoms with E-state index in [0.717, 1.165) is 17.8 Å². The van der Waals surface area contributed by atoms with Crippen LogP contribution in [0.2, 0.25) is 0 Å². The van der Waals surface area contributed by atoms with Crippen molar-refractivity contribution < 1.29 is 24.3 Å². The third kappa shape index (κ3) is 5.62. The number of nitrogens with one attached hydrogen (secondary N) is 1. The average Bonchev–Trinajstić information content (AvgIpc) is 3.51. The lowest BCUT2D eigenvalue weighted by molar-refractivity contribution is -0.150. The second-order valence-corrected chi connectivity index (χ2v) is 10.6. The Morgan fingerprint density at radius 2 is 2.30 bits per heavy atom. The highest BCUT2D eigenvalue weighted by atomic mass is 32.2. The van der Waals surface area contributed by atoms with Gasteiger partial charge in [0.05, 0.1) is 0 Å². The molecule has 4 rings (SSSR count). The van der Waals surface area contributed by atoms with E-state index >= 15 is 0 Å². The fourth-order valence-electron chi connectivity index (χ4n) is 3.56. The molecule has 0 saturated carbocycles. The molecule has 4 heterocycles. The number of aromatic nitrogens is 5. The number of anilines is 1. The van der Waals surface area contributed by atoms with Crippen LogP contribution < -0.4 is 11.1 Å². The molecule has 4 N–H and O–H groups in total. The monoisotopic (exact) mass is 565 g/mol. The normalized spacial score (nSPS) is 19.3. The fraction of sp³-hybridized carbons (Fsp3) is 0.400. The van der Waals surface area contributed by atoms with E-state index in [1.54, 1.807) is 10.1 Å². The Kier molecular flexibility index (Phi) is 8.45. The Morgan fingerprint density at radius 1 is 1.49 bits per heavy atom. The standard InChI is InChI=1S/C20H23N9O5S3/c1-3-5-28-20(24-26-27-28)37-8-10-7-35-17-13(16(31)29(17)14(10)18(32)33)23-15(30)12(25-34-6-4-2)11-9-36-19(21)22-11/h4,9,13,17H,2-3,5-8H2,1H3,(H2,21,22)(H,23,30)(H,32,33)/t13?,17-/m0/s1. The maximum absolute atomic E-state index is 13.0. The van der Waals surface area contributed by atoms with Gasteiger partial charge in [0.1, 0.15) is 29.4 Å². The number of nitrogen functional groups attached to an aromatic ring is 1. The highest BCUT2D eigenvalue weighted by Gasteiger charge is 2.54. The Labute approximate surface area is 223 Å². The zero-order valence-corrected chi connectivity index (χ0v) is 22.0. The first-order valence-electron chi connectivity index (χ1n) is 11.0. The number of aryl methyl sites for hydroxylation is 1. The van der Waals surface area contributed by atoms with Gasteiger partial charge in [-0.3, -0.25) is 14.5 Å². The van der Waals surface area contributed by atoms with Crippen molar-refractivity contribution in [3.8, 4) is 0 Å². The topological polar surface area (TPSA) is 191 Å². The minimum absolute atomic E-state index is 0.0589. The van der Waals surface area contributed by atoms with Crippen LogP contribution in [0.1, 0.15) is 19.0 Å². The molecule has 2 aromatic heterocycles. The van der Waals surface area contributed by atoms with Crippen molar-refractivity contribution in [2.24, 2.45) is 5.16 Å². The number of oxime groups is 1. The van der Waals surface area contributed by atoms with Crippen molar-refractivity contribution in [1.82, 2.24) is 35.4 Å². The molecule has 17 heteroatoms. The van der Waals surface area contributed by atoms with E-state index < -0.39 is 29.2 Å². The van der Waals surface area contributed by atoms with Gasteiger partial charge in [-0.25, -0.2) is 14.5 Å². The molecule has 2 aliphatic heterocycles. The lowest BCUT2D eigenvalue weighted by Gasteiger charge is -2.49. The van der Waals surface area contributed by atoms with Crippen molar-refractivity contribution in [3.63, 3.8) is 0 Å². The molecule has 2 atom stereocenters. The highest BCUT2D eigenvalue weighted by Crippen LogP contribution is 2.41. The van der Waals surface area contributed by atoms with Crippen LogP contribution in [0.3, 0.4) is 0 Å². The van der Waals surface area contributed by atoms with Crippen molar-refractivity contribution in [1.29, 1.82) is 0 Å². The van der Waals surface area contributed by atoms with E-state index in [2.05, 4.69) is 37.6 Å². The molecule has 2 amide bonds. The summed E-state index contributed by atoms with van der Waals surface area (Å²) in [7, 11) is 0. The lowest BCUT2D eigenvalue weighted by Crippen LogP contribution is -2.71. The van der Waals surface area contributed by atoms with Gasteiger partial charge in [0, 0.05) is 23.4 Å². The number of carbonyl (C=O) groups is 3.